The van der Waals surface area contributed by atoms with Crippen LogP contribution >= 0.6 is 0 Å². The smallest absolute Gasteiger partial charge is 0.399 e. The number of hydrogen-bond donors (Lipinski definition) is 0. The normalized spacial score (nSPS) is 23.9. The second kappa shape index (κ2) is 5.08. The highest BCUT2D eigenvalue weighted by molar-refractivity contribution is 6.62. The molecule has 1 aliphatic heterocycles. The summed E-state index contributed by atoms with van der Waals surface area (Å²) in [5.74, 6) is 0. The number of aromatic nitrogens is 2. The topological polar surface area (TPSA) is 36.3 Å². The predicted molar refractivity (Wildman–Crippen MR) is 93.0 cm³/mol. The number of benzene rings is 1. The first-order valence-electron chi connectivity index (χ1n) is 8.69. The Kier molecular flexibility index (Phi) is 3.36. The number of fused-ring (bicyclic) bond motifs is 1. The fraction of sp³-hybridized carbons (Fsp3) is 0.611. The van der Waals surface area contributed by atoms with E-state index in [1.807, 2.05) is 6.33 Å². The van der Waals surface area contributed by atoms with Crippen molar-refractivity contribution >= 4 is 23.6 Å². The van der Waals surface area contributed by atoms with Crippen molar-refractivity contribution in [1.29, 1.82) is 0 Å². The summed E-state index contributed by atoms with van der Waals surface area (Å²) in [6.07, 6.45) is 7.19. The van der Waals surface area contributed by atoms with Crippen LogP contribution < -0.4 is 5.46 Å². The second-order valence-corrected chi connectivity index (χ2v) is 7.93. The lowest BCUT2D eigenvalue weighted by atomic mass is 9.79. The third-order valence-electron chi connectivity index (χ3n) is 5.84. The molecule has 2 heterocycles. The van der Waals surface area contributed by atoms with Crippen molar-refractivity contribution < 1.29 is 9.31 Å². The fourth-order valence-electron chi connectivity index (χ4n) is 3.65. The molecule has 122 valence electrons. The summed E-state index contributed by atoms with van der Waals surface area (Å²) in [6.45, 7) is 8.33. The van der Waals surface area contributed by atoms with Crippen LogP contribution in [0.1, 0.15) is 59.4 Å². The monoisotopic (exact) mass is 312 g/mol. The van der Waals surface area contributed by atoms with Gasteiger partial charge in [0.1, 0.15) is 0 Å². The van der Waals surface area contributed by atoms with Crippen molar-refractivity contribution in [3.05, 3.63) is 24.5 Å². The first-order chi connectivity index (χ1) is 10.9. The van der Waals surface area contributed by atoms with Crippen molar-refractivity contribution in [2.75, 3.05) is 0 Å². The number of imidazole rings is 1. The molecular formula is C18H25BN2O2. The Morgan fingerprint density at radius 2 is 1.74 bits per heavy atom. The number of hydrogen-bond acceptors (Lipinski definition) is 3. The summed E-state index contributed by atoms with van der Waals surface area (Å²) >= 11 is 0. The van der Waals surface area contributed by atoms with Crippen molar-refractivity contribution in [3.63, 3.8) is 0 Å². The van der Waals surface area contributed by atoms with Gasteiger partial charge >= 0.3 is 7.12 Å². The van der Waals surface area contributed by atoms with Gasteiger partial charge in [-0.25, -0.2) is 4.98 Å². The lowest BCUT2D eigenvalue weighted by molar-refractivity contribution is 0.00578. The van der Waals surface area contributed by atoms with Crippen LogP contribution in [0.15, 0.2) is 24.5 Å². The maximum Gasteiger partial charge on any atom is 0.494 e. The van der Waals surface area contributed by atoms with E-state index >= 15 is 0 Å². The summed E-state index contributed by atoms with van der Waals surface area (Å²) in [5, 5.41) is 0. The van der Waals surface area contributed by atoms with E-state index in [2.05, 4.69) is 55.4 Å². The molecule has 0 radical (unpaired) electrons. The van der Waals surface area contributed by atoms with Crippen molar-refractivity contribution in [2.24, 2.45) is 0 Å². The van der Waals surface area contributed by atoms with Gasteiger partial charge < -0.3 is 13.9 Å². The molecule has 2 aromatic rings. The van der Waals surface area contributed by atoms with Crippen LogP contribution in [0, 0.1) is 0 Å². The quantitative estimate of drug-likeness (QED) is 0.797. The summed E-state index contributed by atoms with van der Waals surface area (Å²) < 4.78 is 14.6. The summed E-state index contributed by atoms with van der Waals surface area (Å²) in [6, 6.07) is 7.02. The maximum atomic E-state index is 6.15. The Balaban J connectivity index is 1.66. The summed E-state index contributed by atoms with van der Waals surface area (Å²) in [5.41, 5.74) is 2.68. The van der Waals surface area contributed by atoms with Gasteiger partial charge in [0.15, 0.2) is 0 Å². The van der Waals surface area contributed by atoms with Crippen molar-refractivity contribution in [3.8, 4) is 0 Å². The third kappa shape index (κ3) is 2.41. The average Bonchev–Trinajstić information content (AvgIpc) is 3.17. The van der Waals surface area contributed by atoms with Gasteiger partial charge in [0.2, 0.25) is 0 Å². The lowest BCUT2D eigenvalue weighted by Gasteiger charge is -2.32. The Morgan fingerprint density at radius 3 is 2.39 bits per heavy atom. The van der Waals surface area contributed by atoms with E-state index in [-0.39, 0.29) is 18.3 Å². The van der Waals surface area contributed by atoms with Gasteiger partial charge in [-0.2, -0.15) is 0 Å². The van der Waals surface area contributed by atoms with Gasteiger partial charge in [0.25, 0.3) is 0 Å². The molecule has 1 aliphatic carbocycles. The van der Waals surface area contributed by atoms with Gasteiger partial charge in [-0.1, -0.05) is 18.9 Å². The lowest BCUT2D eigenvalue weighted by Crippen LogP contribution is -2.41. The van der Waals surface area contributed by atoms with Gasteiger partial charge in [-0.05, 0) is 58.1 Å². The van der Waals surface area contributed by atoms with E-state index in [4.69, 9.17) is 9.31 Å². The van der Waals surface area contributed by atoms with E-state index in [1.54, 1.807) is 0 Å². The zero-order valence-corrected chi connectivity index (χ0v) is 14.5. The second-order valence-electron chi connectivity index (χ2n) is 7.93. The average molecular weight is 312 g/mol. The minimum atomic E-state index is -0.318. The van der Waals surface area contributed by atoms with Crippen molar-refractivity contribution in [2.45, 2.75) is 70.6 Å². The molecule has 1 saturated heterocycles. The number of nitrogens with zero attached hydrogens (tertiary/aromatic N) is 2. The zero-order chi connectivity index (χ0) is 16.2. The standard InChI is InChI=1S/C18H25BN2O2/c1-17(2)18(3,4)23-19(22-17)13-9-10-16-15(11-13)20-12-21(16)14-7-5-6-8-14/h9-12,14H,5-8H2,1-4H3. The molecule has 0 bridgehead atoms. The fourth-order valence-corrected chi connectivity index (χ4v) is 3.65. The van der Waals surface area contributed by atoms with Gasteiger partial charge in [-0.15, -0.1) is 0 Å². The van der Waals surface area contributed by atoms with Crippen LogP contribution in [0.3, 0.4) is 0 Å². The molecule has 0 unspecified atom stereocenters. The Labute approximate surface area is 138 Å². The van der Waals surface area contributed by atoms with Crippen LogP contribution in [0.25, 0.3) is 11.0 Å². The van der Waals surface area contributed by atoms with Gasteiger partial charge in [0.05, 0.1) is 28.6 Å². The molecule has 2 fully saturated rings. The first-order valence-corrected chi connectivity index (χ1v) is 8.69. The minimum Gasteiger partial charge on any atom is -0.399 e. The predicted octanol–water partition coefficient (Wildman–Crippen LogP) is 3.45. The van der Waals surface area contributed by atoms with E-state index in [1.165, 1.54) is 31.2 Å². The van der Waals surface area contributed by atoms with Crippen LogP contribution in [0.5, 0.6) is 0 Å². The third-order valence-corrected chi connectivity index (χ3v) is 5.84. The zero-order valence-electron chi connectivity index (χ0n) is 14.5. The first kappa shape index (κ1) is 15.2. The molecule has 0 spiro atoms. The van der Waals surface area contributed by atoms with Crippen LogP contribution in [-0.2, 0) is 9.31 Å². The van der Waals surface area contributed by atoms with E-state index < -0.39 is 0 Å². The van der Waals surface area contributed by atoms with Gasteiger partial charge in [-0.3, -0.25) is 0 Å². The molecule has 23 heavy (non-hydrogen) atoms. The minimum absolute atomic E-state index is 0.310. The SMILES string of the molecule is CC1(C)OB(c2ccc3c(c2)ncn3C2CCCC2)OC1(C)C. The maximum absolute atomic E-state index is 6.15. The van der Waals surface area contributed by atoms with Crippen LogP contribution in [-0.4, -0.2) is 27.9 Å². The molecule has 2 aliphatic rings. The Hall–Kier alpha value is -1.33. The van der Waals surface area contributed by atoms with E-state index in [0.717, 1.165) is 11.0 Å². The van der Waals surface area contributed by atoms with E-state index in [9.17, 15) is 0 Å². The van der Waals surface area contributed by atoms with E-state index in [0.29, 0.717) is 6.04 Å². The van der Waals surface area contributed by atoms with Crippen LogP contribution in [0.2, 0.25) is 0 Å². The molecule has 1 saturated carbocycles. The van der Waals surface area contributed by atoms with Crippen molar-refractivity contribution in [1.82, 2.24) is 9.55 Å². The molecule has 4 nitrogen and oxygen atoms in total. The highest BCUT2D eigenvalue weighted by Crippen LogP contribution is 2.37. The number of rotatable bonds is 2. The molecule has 0 amide bonds. The van der Waals surface area contributed by atoms with Crippen LogP contribution in [0.4, 0.5) is 0 Å². The molecule has 1 aromatic carbocycles. The highest BCUT2D eigenvalue weighted by Gasteiger charge is 2.51. The molecule has 5 heteroatoms. The Bertz CT molecular complexity index is 716. The molecule has 0 atom stereocenters. The van der Waals surface area contributed by atoms with Gasteiger partial charge in [0, 0.05) is 6.04 Å². The molecular weight excluding hydrogens is 287 g/mol. The molecule has 0 N–H and O–H groups in total. The Morgan fingerprint density at radius 1 is 1.09 bits per heavy atom. The largest absolute Gasteiger partial charge is 0.494 e. The molecule has 4 rings (SSSR count). The summed E-state index contributed by atoms with van der Waals surface area (Å²) in [7, 11) is -0.318. The highest BCUT2D eigenvalue weighted by atomic mass is 16.7. The summed E-state index contributed by atoms with van der Waals surface area (Å²) in [4.78, 5) is 4.62. The molecule has 1 aromatic heterocycles.